The first kappa shape index (κ1) is 7.04. The average molecular weight is 130 g/mol. The summed E-state index contributed by atoms with van der Waals surface area (Å²) in [7, 11) is 0. The molecule has 0 aromatic heterocycles. The van der Waals surface area contributed by atoms with Crippen LogP contribution in [-0.2, 0) is 0 Å². The van der Waals surface area contributed by atoms with Gasteiger partial charge in [-0.05, 0) is 31.6 Å². The highest BCUT2D eigenvalue weighted by atomic mass is 19.1. The van der Waals surface area contributed by atoms with Crippen molar-refractivity contribution in [2.75, 3.05) is 0 Å². The van der Waals surface area contributed by atoms with Crippen LogP contribution in [0.4, 0.5) is 4.39 Å². The molecule has 0 aliphatic heterocycles. The summed E-state index contributed by atoms with van der Waals surface area (Å²) in [4.78, 5) is 0. The lowest BCUT2D eigenvalue weighted by atomic mass is 9.77. The van der Waals surface area contributed by atoms with Gasteiger partial charge in [0, 0.05) is 0 Å². The van der Waals surface area contributed by atoms with E-state index in [4.69, 9.17) is 0 Å². The van der Waals surface area contributed by atoms with Crippen LogP contribution >= 0.6 is 0 Å². The molecular formula is C8H15F. The Bertz CT molecular complexity index is 92.7. The number of rotatable bonds is 2. The summed E-state index contributed by atoms with van der Waals surface area (Å²) in [6.45, 7) is 4.17. The molecule has 0 aromatic carbocycles. The average Bonchev–Trinajstić information content (AvgIpc) is 1.60. The molecular weight excluding hydrogens is 115 g/mol. The highest BCUT2D eigenvalue weighted by Crippen LogP contribution is 2.40. The van der Waals surface area contributed by atoms with Crippen molar-refractivity contribution in [3.63, 3.8) is 0 Å². The van der Waals surface area contributed by atoms with Gasteiger partial charge in [-0.15, -0.1) is 0 Å². The van der Waals surface area contributed by atoms with E-state index in [-0.39, 0.29) is 0 Å². The van der Waals surface area contributed by atoms with Crippen molar-refractivity contribution in [3.05, 3.63) is 0 Å². The van der Waals surface area contributed by atoms with Crippen molar-refractivity contribution in [1.29, 1.82) is 0 Å². The molecule has 0 aromatic rings. The zero-order valence-corrected chi connectivity index (χ0v) is 6.28. The molecule has 0 nitrogen and oxygen atoms in total. The molecule has 0 unspecified atom stereocenters. The van der Waals surface area contributed by atoms with Crippen LogP contribution < -0.4 is 0 Å². The molecule has 0 spiro atoms. The van der Waals surface area contributed by atoms with E-state index in [1.54, 1.807) is 0 Å². The molecule has 1 fully saturated rings. The minimum absolute atomic E-state index is 0.523. The predicted octanol–water partition coefficient (Wildman–Crippen LogP) is 2.92. The van der Waals surface area contributed by atoms with Crippen LogP contribution in [0.25, 0.3) is 0 Å². The normalized spacial score (nSPS) is 24.0. The molecule has 1 saturated carbocycles. The fraction of sp³-hybridized carbons (Fsp3) is 1.00. The number of hydrogen-bond donors (Lipinski definition) is 0. The van der Waals surface area contributed by atoms with Crippen molar-refractivity contribution < 1.29 is 4.39 Å². The van der Waals surface area contributed by atoms with Gasteiger partial charge in [0.05, 0.1) is 0 Å². The molecule has 0 N–H and O–H groups in total. The summed E-state index contributed by atoms with van der Waals surface area (Å²) in [6, 6.07) is 0. The lowest BCUT2D eigenvalue weighted by Gasteiger charge is -2.35. The highest BCUT2D eigenvalue weighted by molar-refractivity contribution is 4.88. The van der Waals surface area contributed by atoms with Gasteiger partial charge >= 0.3 is 0 Å². The first-order chi connectivity index (χ1) is 4.12. The Hall–Kier alpha value is -0.0700. The maximum atomic E-state index is 13.2. The monoisotopic (exact) mass is 130 g/mol. The van der Waals surface area contributed by atoms with E-state index in [1.807, 2.05) is 0 Å². The molecule has 0 amide bonds. The Labute approximate surface area is 56.5 Å². The van der Waals surface area contributed by atoms with E-state index in [9.17, 15) is 4.39 Å². The Morgan fingerprint density at radius 1 is 1.44 bits per heavy atom. The topological polar surface area (TPSA) is 0 Å². The van der Waals surface area contributed by atoms with Gasteiger partial charge in [-0.3, -0.25) is 0 Å². The zero-order chi connectivity index (χ0) is 6.91. The van der Waals surface area contributed by atoms with Crippen LogP contribution in [0, 0.1) is 5.92 Å². The first-order valence-electron chi connectivity index (χ1n) is 3.81. The van der Waals surface area contributed by atoms with E-state index >= 15 is 0 Å². The van der Waals surface area contributed by atoms with Crippen LogP contribution in [0.2, 0.25) is 0 Å². The van der Waals surface area contributed by atoms with E-state index in [0.717, 1.165) is 25.7 Å². The van der Waals surface area contributed by atoms with Crippen LogP contribution in [0.15, 0.2) is 0 Å². The number of halogens is 1. The standard InChI is InChI=1S/C8H15F/c1-7(2)6-8(9)4-3-5-8/h7H,3-6H2,1-2H3. The molecule has 1 aliphatic carbocycles. The Morgan fingerprint density at radius 2 is 2.00 bits per heavy atom. The van der Waals surface area contributed by atoms with E-state index in [0.29, 0.717) is 5.92 Å². The highest BCUT2D eigenvalue weighted by Gasteiger charge is 2.36. The van der Waals surface area contributed by atoms with Crippen LogP contribution in [0.3, 0.4) is 0 Å². The second kappa shape index (κ2) is 2.28. The first-order valence-corrected chi connectivity index (χ1v) is 3.81. The number of alkyl halides is 1. The molecule has 54 valence electrons. The summed E-state index contributed by atoms with van der Waals surface area (Å²) >= 11 is 0. The third kappa shape index (κ3) is 1.67. The van der Waals surface area contributed by atoms with Gasteiger partial charge in [0.25, 0.3) is 0 Å². The van der Waals surface area contributed by atoms with Crippen molar-refractivity contribution >= 4 is 0 Å². The van der Waals surface area contributed by atoms with Gasteiger partial charge in [-0.25, -0.2) is 4.39 Å². The molecule has 1 rings (SSSR count). The van der Waals surface area contributed by atoms with Crippen molar-refractivity contribution in [2.45, 2.75) is 45.2 Å². The van der Waals surface area contributed by atoms with Crippen LogP contribution in [0.5, 0.6) is 0 Å². The Balaban J connectivity index is 2.24. The summed E-state index contributed by atoms with van der Waals surface area (Å²) < 4.78 is 13.2. The fourth-order valence-corrected chi connectivity index (χ4v) is 1.50. The van der Waals surface area contributed by atoms with Crippen molar-refractivity contribution in [3.8, 4) is 0 Å². The quantitative estimate of drug-likeness (QED) is 0.539. The van der Waals surface area contributed by atoms with Gasteiger partial charge in [0.1, 0.15) is 5.67 Å². The molecule has 0 bridgehead atoms. The molecule has 0 saturated heterocycles. The second-order valence-electron chi connectivity index (χ2n) is 3.60. The third-order valence-corrected chi connectivity index (χ3v) is 2.02. The van der Waals surface area contributed by atoms with Crippen molar-refractivity contribution in [2.24, 2.45) is 5.92 Å². The van der Waals surface area contributed by atoms with Gasteiger partial charge in [0.15, 0.2) is 0 Å². The lowest BCUT2D eigenvalue weighted by Crippen LogP contribution is -2.32. The van der Waals surface area contributed by atoms with Crippen LogP contribution in [-0.4, -0.2) is 5.67 Å². The van der Waals surface area contributed by atoms with Gasteiger partial charge < -0.3 is 0 Å². The van der Waals surface area contributed by atoms with Gasteiger partial charge in [-0.1, -0.05) is 13.8 Å². The largest absolute Gasteiger partial charge is 0.244 e. The molecule has 0 atom stereocenters. The maximum Gasteiger partial charge on any atom is 0.111 e. The predicted molar refractivity (Wildman–Crippen MR) is 37.1 cm³/mol. The van der Waals surface area contributed by atoms with E-state index in [1.165, 1.54) is 0 Å². The smallest absolute Gasteiger partial charge is 0.111 e. The van der Waals surface area contributed by atoms with Gasteiger partial charge in [0.2, 0.25) is 0 Å². The Morgan fingerprint density at radius 3 is 2.11 bits per heavy atom. The fourth-order valence-electron chi connectivity index (χ4n) is 1.50. The molecule has 0 radical (unpaired) electrons. The molecule has 9 heavy (non-hydrogen) atoms. The second-order valence-corrected chi connectivity index (χ2v) is 3.60. The zero-order valence-electron chi connectivity index (χ0n) is 6.28. The Kier molecular flexibility index (Phi) is 1.78. The molecule has 0 heterocycles. The molecule has 1 aliphatic rings. The summed E-state index contributed by atoms with van der Waals surface area (Å²) in [5, 5.41) is 0. The lowest BCUT2D eigenvalue weighted by molar-refractivity contribution is 0.0406. The summed E-state index contributed by atoms with van der Waals surface area (Å²) in [5.41, 5.74) is -0.756. The van der Waals surface area contributed by atoms with Crippen LogP contribution in [0.1, 0.15) is 39.5 Å². The molecule has 1 heteroatoms. The summed E-state index contributed by atoms with van der Waals surface area (Å²) in [5.74, 6) is 0.523. The van der Waals surface area contributed by atoms with E-state index < -0.39 is 5.67 Å². The third-order valence-electron chi connectivity index (χ3n) is 2.02. The number of hydrogen-bond acceptors (Lipinski definition) is 0. The minimum atomic E-state index is -0.756. The maximum absolute atomic E-state index is 13.2. The van der Waals surface area contributed by atoms with Gasteiger partial charge in [-0.2, -0.15) is 0 Å². The van der Waals surface area contributed by atoms with E-state index in [2.05, 4.69) is 13.8 Å². The minimum Gasteiger partial charge on any atom is -0.244 e. The van der Waals surface area contributed by atoms with Crippen molar-refractivity contribution in [1.82, 2.24) is 0 Å². The SMILES string of the molecule is CC(C)CC1(F)CCC1. The summed E-state index contributed by atoms with van der Waals surface area (Å²) in [6.07, 6.45) is 3.49.